The molecule has 2 aromatic heterocycles. The van der Waals surface area contributed by atoms with Crippen molar-refractivity contribution >= 4 is 22.1 Å². The largest absolute Gasteiger partial charge is 0.461 e. The Kier molecular flexibility index (Phi) is 3.92. The van der Waals surface area contributed by atoms with Crippen LogP contribution < -0.4 is 11.3 Å². The molecule has 4 rings (SSSR count). The average molecular weight is 362 g/mol. The van der Waals surface area contributed by atoms with Crippen LogP contribution in [0.1, 0.15) is 11.5 Å². The van der Waals surface area contributed by atoms with Crippen LogP contribution in [0.15, 0.2) is 63.8 Å². The molecule has 27 heavy (non-hydrogen) atoms. The van der Waals surface area contributed by atoms with E-state index < -0.39 is 4.92 Å². The molecule has 0 aliphatic carbocycles. The first-order valence-corrected chi connectivity index (χ1v) is 8.12. The molecule has 3 N–H and O–H groups in total. The minimum atomic E-state index is -0.529. The molecule has 0 aliphatic rings. The number of nitro groups is 1. The molecule has 0 saturated heterocycles. The minimum absolute atomic E-state index is 0.0967. The number of benzene rings is 2. The van der Waals surface area contributed by atoms with Gasteiger partial charge in [-0.15, -0.1) is 0 Å². The SMILES string of the molecule is Nc1ccc(-c2ccc(Cc3n[nH]c(=O)c4ccccc34)o2)cc1[N+](=O)[O-]. The van der Waals surface area contributed by atoms with Gasteiger partial charge in [0.15, 0.2) is 0 Å². The van der Waals surface area contributed by atoms with E-state index >= 15 is 0 Å². The highest BCUT2D eigenvalue weighted by molar-refractivity contribution is 5.83. The predicted molar refractivity (Wildman–Crippen MR) is 100 cm³/mol. The Bertz CT molecular complexity index is 1230. The van der Waals surface area contributed by atoms with E-state index in [1.54, 1.807) is 30.3 Å². The van der Waals surface area contributed by atoms with Gasteiger partial charge in [-0.1, -0.05) is 18.2 Å². The molecule has 8 heteroatoms. The van der Waals surface area contributed by atoms with E-state index in [0.717, 1.165) is 5.39 Å². The zero-order chi connectivity index (χ0) is 19.0. The van der Waals surface area contributed by atoms with E-state index in [4.69, 9.17) is 10.2 Å². The predicted octanol–water partition coefficient (Wildman–Crippen LogP) is 3.26. The van der Waals surface area contributed by atoms with Crippen molar-refractivity contribution in [1.82, 2.24) is 10.2 Å². The zero-order valence-electron chi connectivity index (χ0n) is 14.0. The molecule has 0 unspecified atom stereocenters. The van der Waals surface area contributed by atoms with Crippen LogP contribution in [-0.2, 0) is 6.42 Å². The molecule has 2 aromatic carbocycles. The van der Waals surface area contributed by atoms with Crippen LogP contribution >= 0.6 is 0 Å². The van der Waals surface area contributed by atoms with Gasteiger partial charge in [-0.2, -0.15) is 5.10 Å². The molecule has 4 aromatic rings. The summed E-state index contributed by atoms with van der Waals surface area (Å²) in [5.41, 5.74) is 6.55. The molecule has 0 saturated carbocycles. The summed E-state index contributed by atoms with van der Waals surface area (Å²) in [5.74, 6) is 1.11. The van der Waals surface area contributed by atoms with Gasteiger partial charge in [0.2, 0.25) is 0 Å². The fraction of sp³-hybridized carbons (Fsp3) is 0.0526. The van der Waals surface area contributed by atoms with Crippen molar-refractivity contribution in [2.24, 2.45) is 0 Å². The van der Waals surface area contributed by atoms with Crippen LogP contribution in [0.3, 0.4) is 0 Å². The summed E-state index contributed by atoms with van der Waals surface area (Å²) in [4.78, 5) is 22.4. The van der Waals surface area contributed by atoms with Crippen molar-refractivity contribution in [3.05, 3.63) is 86.5 Å². The van der Waals surface area contributed by atoms with Gasteiger partial charge in [-0.25, -0.2) is 5.10 Å². The molecular weight excluding hydrogens is 348 g/mol. The number of rotatable bonds is 4. The number of furan rings is 1. The maximum absolute atomic E-state index is 11.9. The number of aromatic amines is 1. The summed E-state index contributed by atoms with van der Waals surface area (Å²) in [5, 5.41) is 19.0. The van der Waals surface area contributed by atoms with Crippen LogP contribution in [-0.4, -0.2) is 15.1 Å². The topological polar surface area (TPSA) is 128 Å². The highest BCUT2D eigenvalue weighted by Crippen LogP contribution is 2.30. The third-order valence-corrected chi connectivity index (χ3v) is 4.29. The van der Waals surface area contributed by atoms with E-state index in [9.17, 15) is 14.9 Å². The maximum Gasteiger partial charge on any atom is 0.292 e. The summed E-state index contributed by atoms with van der Waals surface area (Å²) in [7, 11) is 0. The minimum Gasteiger partial charge on any atom is -0.461 e. The first-order chi connectivity index (χ1) is 13.0. The van der Waals surface area contributed by atoms with Crippen LogP contribution in [0.4, 0.5) is 11.4 Å². The Morgan fingerprint density at radius 1 is 1.11 bits per heavy atom. The Morgan fingerprint density at radius 2 is 1.89 bits per heavy atom. The number of aromatic nitrogens is 2. The summed E-state index contributed by atoms with van der Waals surface area (Å²) in [6, 6.07) is 15.2. The summed E-state index contributed by atoms with van der Waals surface area (Å²) in [6.07, 6.45) is 0.369. The fourth-order valence-corrected chi connectivity index (χ4v) is 2.95. The molecule has 0 bridgehead atoms. The highest BCUT2D eigenvalue weighted by atomic mass is 16.6. The number of hydrogen-bond donors (Lipinski definition) is 2. The molecule has 0 aliphatic heterocycles. The standard InChI is InChI=1S/C19H14N4O4/c20-15-7-5-11(9-17(15)23(25)26)18-8-6-12(27-18)10-16-13-3-1-2-4-14(13)19(24)22-21-16/h1-9H,10,20H2,(H,22,24). The summed E-state index contributed by atoms with van der Waals surface area (Å²) >= 11 is 0. The van der Waals surface area contributed by atoms with Gasteiger partial charge >= 0.3 is 0 Å². The van der Waals surface area contributed by atoms with E-state index in [0.29, 0.717) is 34.6 Å². The lowest BCUT2D eigenvalue weighted by Gasteiger charge is -2.03. The van der Waals surface area contributed by atoms with Crippen LogP contribution in [0.5, 0.6) is 0 Å². The second-order valence-electron chi connectivity index (χ2n) is 6.02. The maximum atomic E-state index is 11.9. The molecule has 2 heterocycles. The van der Waals surface area contributed by atoms with E-state index in [-0.39, 0.29) is 16.9 Å². The van der Waals surface area contributed by atoms with Crippen molar-refractivity contribution in [2.75, 3.05) is 5.73 Å². The third kappa shape index (κ3) is 3.04. The highest BCUT2D eigenvalue weighted by Gasteiger charge is 2.15. The van der Waals surface area contributed by atoms with Crippen LogP contribution in [0.25, 0.3) is 22.1 Å². The van der Waals surface area contributed by atoms with Crippen LogP contribution in [0.2, 0.25) is 0 Å². The summed E-state index contributed by atoms with van der Waals surface area (Å²) < 4.78 is 5.83. The molecule has 0 fully saturated rings. The smallest absolute Gasteiger partial charge is 0.292 e. The molecule has 0 radical (unpaired) electrons. The van der Waals surface area contributed by atoms with Gasteiger partial charge < -0.3 is 10.2 Å². The number of nitrogens with two attached hydrogens (primary N) is 1. The number of H-pyrrole nitrogens is 1. The van der Waals surface area contributed by atoms with Crippen molar-refractivity contribution in [3.63, 3.8) is 0 Å². The summed E-state index contributed by atoms with van der Waals surface area (Å²) in [6.45, 7) is 0. The fourth-order valence-electron chi connectivity index (χ4n) is 2.95. The first kappa shape index (κ1) is 16.5. The number of nitrogens with one attached hydrogen (secondary N) is 1. The molecule has 0 amide bonds. The van der Waals surface area contributed by atoms with Gasteiger partial charge in [-0.05, 0) is 30.3 Å². The number of nitrogen functional groups attached to an aromatic ring is 1. The average Bonchev–Trinajstić information content (AvgIpc) is 3.13. The Balaban J connectivity index is 1.69. The monoisotopic (exact) mass is 362 g/mol. The Hall–Kier alpha value is -3.94. The second-order valence-corrected chi connectivity index (χ2v) is 6.02. The van der Waals surface area contributed by atoms with Crippen molar-refractivity contribution < 1.29 is 9.34 Å². The molecule has 134 valence electrons. The number of nitro benzene ring substituents is 1. The van der Waals surface area contributed by atoms with Gasteiger partial charge in [0, 0.05) is 17.0 Å². The van der Waals surface area contributed by atoms with Gasteiger partial charge in [0.1, 0.15) is 17.2 Å². The molecule has 8 nitrogen and oxygen atoms in total. The number of anilines is 1. The van der Waals surface area contributed by atoms with Crippen molar-refractivity contribution in [3.8, 4) is 11.3 Å². The number of fused-ring (bicyclic) bond motifs is 1. The normalized spacial score (nSPS) is 11.0. The lowest BCUT2D eigenvalue weighted by molar-refractivity contribution is -0.383. The van der Waals surface area contributed by atoms with Gasteiger partial charge in [0.25, 0.3) is 11.2 Å². The molecule has 0 atom stereocenters. The molecule has 0 spiro atoms. The number of hydrogen-bond acceptors (Lipinski definition) is 6. The quantitative estimate of drug-likeness (QED) is 0.326. The lowest BCUT2D eigenvalue weighted by atomic mass is 10.1. The number of nitrogens with zero attached hydrogens (tertiary/aromatic N) is 2. The van der Waals surface area contributed by atoms with Gasteiger partial charge in [-0.3, -0.25) is 14.9 Å². The Labute approximate surface area is 152 Å². The van der Waals surface area contributed by atoms with E-state index in [1.165, 1.54) is 12.1 Å². The first-order valence-electron chi connectivity index (χ1n) is 8.12. The van der Waals surface area contributed by atoms with Gasteiger partial charge in [0.05, 0.1) is 22.4 Å². The Morgan fingerprint density at radius 3 is 2.67 bits per heavy atom. The lowest BCUT2D eigenvalue weighted by Crippen LogP contribution is -2.11. The van der Waals surface area contributed by atoms with E-state index in [2.05, 4.69) is 10.2 Å². The van der Waals surface area contributed by atoms with E-state index in [1.807, 2.05) is 12.1 Å². The zero-order valence-corrected chi connectivity index (χ0v) is 14.0. The second kappa shape index (κ2) is 6.41. The third-order valence-electron chi connectivity index (χ3n) is 4.29. The van der Waals surface area contributed by atoms with Crippen molar-refractivity contribution in [1.29, 1.82) is 0 Å². The van der Waals surface area contributed by atoms with Crippen LogP contribution in [0, 0.1) is 10.1 Å². The molecular formula is C19H14N4O4. The van der Waals surface area contributed by atoms with Crippen molar-refractivity contribution in [2.45, 2.75) is 6.42 Å².